The SMILES string of the molecule is CC1(c2ccccc2)c2ccc(N3C4=C(CCC=C4)Sc4ccccc43)cc2C(c2ccccc2)=C2C=CC(N3C4=C(CCC=C4)Sc4ccccc43)=CC21. The Balaban J connectivity index is 1.16. The molecule has 2 heterocycles. The Bertz CT molecular complexity index is 2620. The Morgan fingerprint density at radius 2 is 1.20 bits per heavy atom. The van der Waals surface area contributed by atoms with Gasteiger partial charge >= 0.3 is 0 Å². The number of allylic oxidation sites excluding steroid dienone is 10. The number of thioether (sulfide) groups is 2. The van der Waals surface area contributed by atoms with Crippen LogP contribution in [0.2, 0.25) is 0 Å². The van der Waals surface area contributed by atoms with Gasteiger partial charge in [-0.2, -0.15) is 0 Å². The van der Waals surface area contributed by atoms with Crippen molar-refractivity contribution < 1.29 is 0 Å². The molecule has 4 heteroatoms. The van der Waals surface area contributed by atoms with Crippen LogP contribution in [0.15, 0.2) is 212 Å². The lowest BCUT2D eigenvalue weighted by atomic mass is 9.57. The van der Waals surface area contributed by atoms with Crippen LogP contribution in [0.1, 0.15) is 54.9 Å². The molecule has 0 saturated heterocycles. The average molecular weight is 745 g/mol. The number of nitrogens with zero attached hydrogens (tertiary/aromatic N) is 2. The number of para-hydroxylation sites is 2. The van der Waals surface area contributed by atoms with Crippen LogP contribution >= 0.6 is 23.5 Å². The van der Waals surface area contributed by atoms with Crippen LogP contribution < -0.4 is 9.80 Å². The topological polar surface area (TPSA) is 6.48 Å². The van der Waals surface area contributed by atoms with E-state index in [-0.39, 0.29) is 11.3 Å². The largest absolute Gasteiger partial charge is 0.309 e. The van der Waals surface area contributed by atoms with Crippen molar-refractivity contribution in [2.45, 2.75) is 47.8 Å². The van der Waals surface area contributed by atoms with E-state index >= 15 is 0 Å². The van der Waals surface area contributed by atoms with E-state index in [1.807, 2.05) is 23.5 Å². The first-order valence-corrected chi connectivity index (χ1v) is 21.1. The molecule has 0 spiro atoms. The molecule has 5 aromatic rings. The third kappa shape index (κ3) is 5.18. The van der Waals surface area contributed by atoms with Crippen LogP contribution in [0.5, 0.6) is 0 Å². The van der Waals surface area contributed by atoms with Crippen molar-refractivity contribution in [1.29, 1.82) is 0 Å². The molecule has 6 aliphatic rings. The molecule has 0 bridgehead atoms. The predicted molar refractivity (Wildman–Crippen MR) is 233 cm³/mol. The minimum atomic E-state index is -0.340. The van der Waals surface area contributed by atoms with Crippen molar-refractivity contribution in [3.8, 4) is 0 Å². The second-order valence-corrected chi connectivity index (χ2v) is 17.5. The number of hydrogen-bond donors (Lipinski definition) is 0. The number of rotatable bonds is 4. The summed E-state index contributed by atoms with van der Waals surface area (Å²) in [7, 11) is 0. The molecule has 11 rings (SSSR count). The highest BCUT2D eigenvalue weighted by atomic mass is 32.2. The third-order valence-electron chi connectivity index (χ3n) is 12.2. The minimum Gasteiger partial charge on any atom is -0.309 e. The van der Waals surface area contributed by atoms with Crippen LogP contribution in [0.4, 0.5) is 17.1 Å². The molecular formula is C51H40N2S2. The Morgan fingerprint density at radius 1 is 0.600 bits per heavy atom. The van der Waals surface area contributed by atoms with Gasteiger partial charge in [-0.3, -0.25) is 0 Å². The molecule has 0 saturated carbocycles. The molecule has 4 aliphatic carbocycles. The van der Waals surface area contributed by atoms with E-state index in [1.165, 1.54) is 87.2 Å². The maximum atomic E-state index is 2.59. The van der Waals surface area contributed by atoms with Gasteiger partial charge in [0.15, 0.2) is 0 Å². The molecule has 5 aromatic carbocycles. The lowest BCUT2D eigenvalue weighted by Gasteiger charge is -2.47. The van der Waals surface area contributed by atoms with Crippen molar-refractivity contribution in [2.75, 3.05) is 9.80 Å². The van der Waals surface area contributed by atoms with Gasteiger partial charge in [0, 0.05) is 42.3 Å². The van der Waals surface area contributed by atoms with Gasteiger partial charge in [0.1, 0.15) is 0 Å². The van der Waals surface area contributed by atoms with Gasteiger partial charge in [-0.05, 0) is 114 Å². The van der Waals surface area contributed by atoms with Crippen LogP contribution in [-0.2, 0) is 5.41 Å². The lowest BCUT2D eigenvalue weighted by molar-refractivity contribution is 0.460. The quantitative estimate of drug-likeness (QED) is 0.181. The molecule has 0 N–H and O–H groups in total. The molecule has 2 atom stereocenters. The molecule has 266 valence electrons. The van der Waals surface area contributed by atoms with Gasteiger partial charge in [-0.1, -0.05) is 146 Å². The Hall–Kier alpha value is -5.42. The summed E-state index contributed by atoms with van der Waals surface area (Å²) in [6.45, 7) is 2.49. The molecule has 0 radical (unpaired) electrons. The van der Waals surface area contributed by atoms with Gasteiger partial charge in [-0.25, -0.2) is 0 Å². The normalized spacial score (nSPS) is 22.1. The molecule has 0 aromatic heterocycles. The highest BCUT2D eigenvalue weighted by molar-refractivity contribution is 8.03. The second kappa shape index (κ2) is 13.1. The van der Waals surface area contributed by atoms with Gasteiger partial charge in [0.25, 0.3) is 0 Å². The number of hydrogen-bond acceptors (Lipinski definition) is 4. The standard InChI is InChI=1S/C51H40N2S2/c1-51(35-18-6-3-7-19-35)40-31-29-36(52-42-20-8-12-24-46(42)54-47-25-13-9-21-43(47)52)32-39(40)50(34-16-4-2-5-17-34)38-30-28-37(33-41(38)51)53-44-22-10-14-26-48(44)55-49-27-15-11-23-45(49)53/h2-12,14,16-24,26,28-33,41H,13,15,25,27H2,1H3. The molecular weight excluding hydrogens is 705 g/mol. The number of fused-ring (bicyclic) bond motifs is 4. The molecule has 2 nitrogen and oxygen atoms in total. The zero-order valence-corrected chi connectivity index (χ0v) is 32.4. The summed E-state index contributed by atoms with van der Waals surface area (Å²) in [6, 6.07) is 47.5. The average Bonchev–Trinajstić information content (AvgIpc) is 3.25. The fourth-order valence-corrected chi connectivity index (χ4v) is 11.9. The van der Waals surface area contributed by atoms with Crippen LogP contribution in [0.25, 0.3) is 5.57 Å². The summed E-state index contributed by atoms with van der Waals surface area (Å²) in [4.78, 5) is 10.6. The zero-order valence-electron chi connectivity index (χ0n) is 30.8. The molecule has 2 aliphatic heterocycles. The maximum absolute atomic E-state index is 2.59. The van der Waals surface area contributed by atoms with Crippen molar-refractivity contribution in [2.24, 2.45) is 5.92 Å². The van der Waals surface area contributed by atoms with E-state index in [0.29, 0.717) is 0 Å². The zero-order chi connectivity index (χ0) is 36.5. The molecule has 55 heavy (non-hydrogen) atoms. The van der Waals surface area contributed by atoms with Crippen LogP contribution in [-0.4, -0.2) is 0 Å². The number of benzene rings is 5. The number of anilines is 3. The van der Waals surface area contributed by atoms with Gasteiger partial charge in [-0.15, -0.1) is 0 Å². The van der Waals surface area contributed by atoms with Crippen LogP contribution in [0.3, 0.4) is 0 Å². The monoisotopic (exact) mass is 744 g/mol. The van der Waals surface area contributed by atoms with Gasteiger partial charge < -0.3 is 9.80 Å². The first-order chi connectivity index (χ1) is 27.2. The third-order valence-corrected chi connectivity index (χ3v) is 14.6. The van der Waals surface area contributed by atoms with E-state index < -0.39 is 0 Å². The van der Waals surface area contributed by atoms with Crippen LogP contribution in [0, 0.1) is 5.92 Å². The van der Waals surface area contributed by atoms with Crippen molar-refractivity contribution in [3.05, 3.63) is 225 Å². The summed E-state index contributed by atoms with van der Waals surface area (Å²) >= 11 is 3.89. The highest BCUT2D eigenvalue weighted by Gasteiger charge is 2.46. The summed E-state index contributed by atoms with van der Waals surface area (Å²) in [6.07, 6.45) is 21.1. The van der Waals surface area contributed by atoms with Gasteiger partial charge in [0.05, 0.1) is 22.8 Å². The predicted octanol–water partition coefficient (Wildman–Crippen LogP) is 13.9. The van der Waals surface area contributed by atoms with Crippen molar-refractivity contribution in [3.63, 3.8) is 0 Å². The summed E-state index contributed by atoms with van der Waals surface area (Å²) < 4.78 is 0. The van der Waals surface area contributed by atoms with E-state index in [9.17, 15) is 0 Å². The minimum absolute atomic E-state index is 0.0875. The van der Waals surface area contributed by atoms with E-state index in [2.05, 4.69) is 187 Å². The van der Waals surface area contributed by atoms with E-state index in [0.717, 1.165) is 25.7 Å². The first kappa shape index (κ1) is 33.0. The fraction of sp³-hybridized carbons (Fsp3) is 0.137. The summed E-state index contributed by atoms with van der Waals surface area (Å²) in [5.74, 6) is 0.0875. The Labute approximate surface area is 332 Å². The Kier molecular flexibility index (Phi) is 7.86. The van der Waals surface area contributed by atoms with Crippen molar-refractivity contribution in [1.82, 2.24) is 0 Å². The van der Waals surface area contributed by atoms with E-state index in [4.69, 9.17) is 0 Å². The lowest BCUT2D eigenvalue weighted by Crippen LogP contribution is -2.39. The maximum Gasteiger partial charge on any atom is 0.0601 e. The molecule has 0 fully saturated rings. The van der Waals surface area contributed by atoms with Crippen molar-refractivity contribution >= 4 is 46.2 Å². The molecule has 2 unspecified atom stereocenters. The van der Waals surface area contributed by atoms with E-state index in [1.54, 1.807) is 0 Å². The summed E-state index contributed by atoms with van der Waals surface area (Å²) in [5.41, 5.74) is 15.2. The van der Waals surface area contributed by atoms with Gasteiger partial charge in [0.2, 0.25) is 0 Å². The smallest absolute Gasteiger partial charge is 0.0601 e. The summed E-state index contributed by atoms with van der Waals surface area (Å²) in [5, 5.41) is 0. The highest BCUT2D eigenvalue weighted by Crippen LogP contribution is 2.57. The Morgan fingerprint density at radius 3 is 1.89 bits per heavy atom. The second-order valence-electron chi connectivity index (χ2n) is 15.2. The molecule has 0 amide bonds. The fourth-order valence-electron chi connectivity index (χ4n) is 9.56. The first-order valence-electron chi connectivity index (χ1n) is 19.5.